The topological polar surface area (TPSA) is 55.4 Å². The quantitative estimate of drug-likeness (QED) is 0.768. The average Bonchev–Trinajstić information content (AvgIpc) is 2.30. The van der Waals surface area contributed by atoms with Gasteiger partial charge in [-0.25, -0.2) is 0 Å². The van der Waals surface area contributed by atoms with Gasteiger partial charge >= 0.3 is 12.4 Å². The number of esters is 1. The first-order valence-electron chi connectivity index (χ1n) is 5.79. The Labute approximate surface area is 98.7 Å². The summed E-state index contributed by atoms with van der Waals surface area (Å²) < 4.78 is 28.9. The molecule has 0 spiro atoms. The van der Waals surface area contributed by atoms with E-state index >= 15 is 0 Å². The van der Waals surface area contributed by atoms with Crippen LogP contribution >= 0.6 is 0 Å². The van der Waals surface area contributed by atoms with Gasteiger partial charge in [-0.15, -0.1) is 0 Å². The normalized spacial score (nSPS) is 24.5. The van der Waals surface area contributed by atoms with E-state index in [0.29, 0.717) is 32.3 Å². The Hall–Kier alpha value is -1.20. The fraction of sp³-hybridized carbons (Fsp3) is 0.818. The van der Waals surface area contributed by atoms with Crippen LogP contribution < -0.4 is 5.32 Å². The lowest BCUT2D eigenvalue weighted by molar-refractivity contribution is -0.149. The average molecular weight is 249 g/mol. The van der Waals surface area contributed by atoms with Gasteiger partial charge in [-0.3, -0.25) is 9.59 Å². The van der Waals surface area contributed by atoms with Crippen LogP contribution in [0.4, 0.5) is 8.78 Å². The molecule has 0 atom stereocenters. The molecule has 6 heteroatoms. The summed E-state index contributed by atoms with van der Waals surface area (Å²) in [6, 6.07) is -0.248. The van der Waals surface area contributed by atoms with Crippen molar-refractivity contribution in [2.75, 3.05) is 6.61 Å². The molecule has 4 nitrogen and oxygen atoms in total. The predicted octanol–water partition coefficient (Wildman–Crippen LogP) is 1.49. The Kier molecular flexibility index (Phi) is 5.31. The van der Waals surface area contributed by atoms with Crippen molar-refractivity contribution < 1.29 is 23.1 Å². The second-order valence-corrected chi connectivity index (χ2v) is 4.11. The maximum Gasteiger partial charge on any atom is 0.315 e. The molecule has 1 aliphatic carbocycles. The molecule has 0 heterocycles. The van der Waals surface area contributed by atoms with E-state index in [9.17, 15) is 18.4 Å². The molecule has 98 valence electrons. The van der Waals surface area contributed by atoms with E-state index in [2.05, 4.69) is 5.32 Å². The highest BCUT2D eigenvalue weighted by Gasteiger charge is 2.29. The fourth-order valence-electron chi connectivity index (χ4n) is 2.00. The second kappa shape index (κ2) is 6.51. The molecular formula is C11H17F2NO3. The number of nitrogens with one attached hydrogen (secondary N) is 1. The van der Waals surface area contributed by atoms with E-state index in [0.717, 1.165) is 0 Å². The minimum Gasteiger partial charge on any atom is -0.466 e. The Morgan fingerprint density at radius 1 is 1.29 bits per heavy atom. The zero-order valence-corrected chi connectivity index (χ0v) is 9.75. The summed E-state index contributed by atoms with van der Waals surface area (Å²) in [6.45, 7) is 2.09. The van der Waals surface area contributed by atoms with Crippen molar-refractivity contribution >= 4 is 11.9 Å². The van der Waals surface area contributed by atoms with Crippen LogP contribution in [-0.4, -0.2) is 31.0 Å². The van der Waals surface area contributed by atoms with Crippen molar-refractivity contribution in [3.05, 3.63) is 0 Å². The van der Waals surface area contributed by atoms with Crippen LogP contribution in [0.15, 0.2) is 0 Å². The van der Waals surface area contributed by atoms with Crippen LogP contribution in [0.3, 0.4) is 0 Å². The lowest BCUT2D eigenvalue weighted by Gasteiger charge is -2.27. The maximum atomic E-state index is 12.0. The number of hydrogen-bond acceptors (Lipinski definition) is 3. The predicted molar refractivity (Wildman–Crippen MR) is 56.5 cm³/mol. The monoisotopic (exact) mass is 249 g/mol. The van der Waals surface area contributed by atoms with Crippen LogP contribution in [0.5, 0.6) is 0 Å². The molecule has 0 aromatic carbocycles. The van der Waals surface area contributed by atoms with Gasteiger partial charge in [-0.1, -0.05) is 0 Å². The maximum absolute atomic E-state index is 12.0. The van der Waals surface area contributed by atoms with E-state index in [-0.39, 0.29) is 17.9 Å². The number of rotatable bonds is 4. The van der Waals surface area contributed by atoms with E-state index in [1.54, 1.807) is 6.92 Å². The highest BCUT2D eigenvalue weighted by molar-refractivity contribution is 5.79. The molecule has 0 aliphatic heterocycles. The highest BCUT2D eigenvalue weighted by Crippen LogP contribution is 2.25. The van der Waals surface area contributed by atoms with Gasteiger partial charge in [0.15, 0.2) is 0 Å². The summed E-state index contributed by atoms with van der Waals surface area (Å²) in [5, 5.41) is 2.27. The van der Waals surface area contributed by atoms with Gasteiger partial charge in [-0.05, 0) is 32.6 Å². The van der Waals surface area contributed by atoms with E-state index in [4.69, 9.17) is 4.74 Å². The molecule has 0 saturated heterocycles. The molecule has 1 aliphatic rings. The van der Waals surface area contributed by atoms with Crippen LogP contribution in [0.2, 0.25) is 0 Å². The van der Waals surface area contributed by atoms with Gasteiger partial charge < -0.3 is 10.1 Å². The van der Waals surface area contributed by atoms with Gasteiger partial charge in [0.1, 0.15) is 0 Å². The number of ether oxygens (including phenoxy) is 1. The first-order chi connectivity index (χ1) is 8.04. The van der Waals surface area contributed by atoms with Crippen molar-refractivity contribution in [3.63, 3.8) is 0 Å². The van der Waals surface area contributed by atoms with Gasteiger partial charge in [0.05, 0.1) is 12.5 Å². The molecule has 1 N–H and O–H groups in total. The number of amides is 1. The van der Waals surface area contributed by atoms with E-state index < -0.39 is 12.3 Å². The molecule has 0 radical (unpaired) electrons. The van der Waals surface area contributed by atoms with Crippen molar-refractivity contribution in [1.82, 2.24) is 5.32 Å². The summed E-state index contributed by atoms with van der Waals surface area (Å²) in [6.07, 6.45) is -0.734. The Balaban J connectivity index is 2.31. The highest BCUT2D eigenvalue weighted by atomic mass is 19.3. The lowest BCUT2D eigenvalue weighted by atomic mass is 9.86. The van der Waals surface area contributed by atoms with Crippen molar-refractivity contribution in [3.8, 4) is 0 Å². The summed E-state index contributed by atoms with van der Waals surface area (Å²) in [5.74, 6) is -1.62. The van der Waals surface area contributed by atoms with Crippen LogP contribution in [0.1, 0.15) is 32.6 Å². The molecule has 0 unspecified atom stereocenters. The molecule has 0 aromatic heterocycles. The fourth-order valence-corrected chi connectivity index (χ4v) is 2.00. The van der Waals surface area contributed by atoms with Gasteiger partial charge in [0.2, 0.25) is 0 Å². The third-order valence-corrected chi connectivity index (χ3v) is 2.89. The van der Waals surface area contributed by atoms with Gasteiger partial charge in [0, 0.05) is 6.04 Å². The number of carbonyl (C=O) groups is 2. The van der Waals surface area contributed by atoms with Gasteiger partial charge in [-0.2, -0.15) is 8.78 Å². The standard InChI is InChI=1S/C11H17F2NO3/c1-2-17-11(16)7-3-5-8(6-4-7)14-10(15)9(12)13/h7-9H,2-6H2,1H3,(H,14,15). The number of carbonyl (C=O) groups excluding carboxylic acids is 2. The Bertz CT molecular complexity index is 276. The molecule has 1 saturated carbocycles. The van der Waals surface area contributed by atoms with Crippen molar-refractivity contribution in [1.29, 1.82) is 0 Å². The van der Waals surface area contributed by atoms with Crippen LogP contribution in [-0.2, 0) is 14.3 Å². The number of alkyl halides is 2. The summed E-state index contributed by atoms with van der Waals surface area (Å²) in [5.41, 5.74) is 0. The summed E-state index contributed by atoms with van der Waals surface area (Å²) >= 11 is 0. The molecule has 17 heavy (non-hydrogen) atoms. The van der Waals surface area contributed by atoms with E-state index in [1.807, 2.05) is 0 Å². The first-order valence-corrected chi connectivity index (χ1v) is 5.79. The second-order valence-electron chi connectivity index (χ2n) is 4.11. The SMILES string of the molecule is CCOC(=O)C1CCC(NC(=O)C(F)F)CC1. The summed E-state index contributed by atoms with van der Waals surface area (Å²) in [7, 11) is 0. The zero-order valence-electron chi connectivity index (χ0n) is 9.75. The largest absolute Gasteiger partial charge is 0.466 e. The van der Waals surface area contributed by atoms with Gasteiger partial charge in [0.25, 0.3) is 5.91 Å². The lowest BCUT2D eigenvalue weighted by Crippen LogP contribution is -2.41. The summed E-state index contributed by atoms with van der Waals surface area (Å²) in [4.78, 5) is 22.2. The molecule has 1 amide bonds. The third-order valence-electron chi connectivity index (χ3n) is 2.89. The minimum absolute atomic E-state index is 0.158. The molecular weight excluding hydrogens is 232 g/mol. The minimum atomic E-state index is -2.97. The first kappa shape index (κ1) is 13.9. The van der Waals surface area contributed by atoms with Crippen LogP contribution in [0, 0.1) is 5.92 Å². The number of hydrogen-bond donors (Lipinski definition) is 1. The smallest absolute Gasteiger partial charge is 0.315 e. The van der Waals surface area contributed by atoms with Crippen LogP contribution in [0.25, 0.3) is 0 Å². The molecule has 0 bridgehead atoms. The van der Waals surface area contributed by atoms with Crippen molar-refractivity contribution in [2.45, 2.75) is 45.1 Å². The zero-order chi connectivity index (χ0) is 12.8. The Morgan fingerprint density at radius 3 is 2.35 bits per heavy atom. The molecule has 0 aromatic rings. The number of halogens is 2. The van der Waals surface area contributed by atoms with Crippen molar-refractivity contribution in [2.24, 2.45) is 5.92 Å². The molecule has 1 rings (SSSR count). The third kappa shape index (κ3) is 4.28. The Morgan fingerprint density at radius 2 is 1.88 bits per heavy atom. The van der Waals surface area contributed by atoms with E-state index in [1.165, 1.54) is 0 Å². The molecule has 1 fully saturated rings.